The molecular weight excluding hydrogens is 570 g/mol. The lowest BCUT2D eigenvalue weighted by atomic mass is 9.47. The van der Waals surface area contributed by atoms with Gasteiger partial charge in [-0.05, 0) is 91.3 Å². The first-order valence-electron chi connectivity index (χ1n) is 17.5. The molecule has 0 N–H and O–H groups in total. The zero-order chi connectivity index (χ0) is 32.3. The minimum atomic E-state index is -0.727. The van der Waals surface area contributed by atoms with Crippen molar-refractivity contribution in [1.82, 2.24) is 0 Å². The van der Waals surface area contributed by atoms with E-state index in [1.165, 1.54) is 50.5 Å². The predicted octanol–water partition coefficient (Wildman–Crippen LogP) is 8.89. The number of benzene rings is 1. The number of hydrogen-bond donors (Lipinski definition) is 0. The largest absolute Gasteiger partial charge is 0.458 e. The van der Waals surface area contributed by atoms with Crippen LogP contribution in [0.4, 0.5) is 17.1 Å². The second-order valence-electron chi connectivity index (χ2n) is 15.9. The van der Waals surface area contributed by atoms with Gasteiger partial charge < -0.3 is 9.64 Å². The number of nitrogens with zero attached hydrogens (tertiary/aromatic N) is 3. The molecule has 9 heteroatoms. The average Bonchev–Trinajstić information content (AvgIpc) is 3.76. The minimum Gasteiger partial charge on any atom is -0.458 e. The van der Waals surface area contributed by atoms with E-state index in [1.54, 1.807) is 4.90 Å². The third-order valence-electron chi connectivity index (χ3n) is 13.0. The van der Waals surface area contributed by atoms with Gasteiger partial charge in [-0.1, -0.05) is 65.5 Å². The first-order valence-corrected chi connectivity index (χ1v) is 17.5. The molecule has 0 unspecified atom stereocenters. The molecule has 8 atom stereocenters. The zero-order valence-electron chi connectivity index (χ0n) is 27.8. The van der Waals surface area contributed by atoms with Crippen LogP contribution in [-0.4, -0.2) is 35.0 Å². The smallest absolute Gasteiger partial charge is 0.338 e. The fraction of sp³-hybridized carbons (Fsp3) is 0.750. The molecule has 1 heterocycles. The summed E-state index contributed by atoms with van der Waals surface area (Å²) in [5, 5.41) is 23.6. The van der Waals surface area contributed by atoms with Crippen molar-refractivity contribution in [2.45, 2.75) is 111 Å². The Hall–Kier alpha value is -2.97. The van der Waals surface area contributed by atoms with Crippen LogP contribution in [0.1, 0.15) is 116 Å². The van der Waals surface area contributed by atoms with Gasteiger partial charge in [0.05, 0.1) is 15.4 Å². The number of hydrogen-bond acceptors (Lipinski definition) is 7. The van der Waals surface area contributed by atoms with Crippen molar-refractivity contribution in [3.05, 3.63) is 49.6 Å². The first kappa shape index (κ1) is 32.0. The summed E-state index contributed by atoms with van der Waals surface area (Å²) in [7, 11) is 0. The lowest BCUT2D eigenvalue weighted by Gasteiger charge is -2.58. The topological polar surface area (TPSA) is 116 Å². The lowest BCUT2D eigenvalue weighted by molar-refractivity contribution is -0.392. The van der Waals surface area contributed by atoms with E-state index in [2.05, 4.69) is 40.7 Å². The monoisotopic (exact) mass is 621 g/mol. The van der Waals surface area contributed by atoms with Gasteiger partial charge in [-0.2, -0.15) is 0 Å². The molecule has 1 aliphatic heterocycles. The van der Waals surface area contributed by atoms with Gasteiger partial charge in [-0.25, -0.2) is 4.79 Å². The number of fused-ring (bicyclic) bond motifs is 5. The van der Waals surface area contributed by atoms with Crippen molar-refractivity contribution in [3.8, 4) is 0 Å². The van der Waals surface area contributed by atoms with Gasteiger partial charge in [0.1, 0.15) is 6.10 Å². The van der Waals surface area contributed by atoms with E-state index in [1.807, 2.05) is 0 Å². The van der Waals surface area contributed by atoms with Crippen LogP contribution >= 0.6 is 0 Å². The van der Waals surface area contributed by atoms with E-state index < -0.39 is 27.2 Å². The van der Waals surface area contributed by atoms with E-state index in [9.17, 15) is 25.0 Å². The fourth-order valence-corrected chi connectivity index (χ4v) is 10.6. The molecule has 0 spiro atoms. The van der Waals surface area contributed by atoms with E-state index in [0.717, 1.165) is 55.1 Å². The van der Waals surface area contributed by atoms with Gasteiger partial charge in [0.15, 0.2) is 5.69 Å². The van der Waals surface area contributed by atoms with Crippen LogP contribution in [0.5, 0.6) is 0 Å². The Morgan fingerprint density at radius 3 is 2.29 bits per heavy atom. The number of carbonyl (C=O) groups is 1. The Labute approximate surface area is 267 Å². The number of rotatable bonds is 10. The molecule has 9 nitrogen and oxygen atoms in total. The van der Waals surface area contributed by atoms with Crippen molar-refractivity contribution < 1.29 is 19.4 Å². The van der Waals surface area contributed by atoms with Crippen LogP contribution in [0.2, 0.25) is 0 Å². The maximum Gasteiger partial charge on any atom is 0.338 e. The van der Waals surface area contributed by atoms with E-state index in [0.29, 0.717) is 36.8 Å². The molecule has 6 rings (SSSR count). The summed E-state index contributed by atoms with van der Waals surface area (Å²) >= 11 is 0. The summed E-state index contributed by atoms with van der Waals surface area (Å²) in [6.45, 7) is 13.3. The maximum atomic E-state index is 13.3. The summed E-state index contributed by atoms with van der Waals surface area (Å²) in [6.07, 6.45) is 14.9. The molecule has 0 radical (unpaired) electrons. The first-order chi connectivity index (χ1) is 21.3. The Balaban J connectivity index is 1.14. The van der Waals surface area contributed by atoms with Crippen LogP contribution in [0.25, 0.3) is 0 Å². The van der Waals surface area contributed by atoms with Crippen LogP contribution in [-0.2, 0) is 4.74 Å². The molecule has 0 amide bonds. The summed E-state index contributed by atoms with van der Waals surface area (Å²) in [4.78, 5) is 37.1. The molecule has 1 saturated heterocycles. The van der Waals surface area contributed by atoms with E-state index in [-0.39, 0.29) is 22.8 Å². The van der Waals surface area contributed by atoms with Gasteiger partial charge in [-0.15, -0.1) is 0 Å². The summed E-state index contributed by atoms with van der Waals surface area (Å²) in [6, 6.07) is 2.28. The molecule has 0 bridgehead atoms. The molecule has 4 aliphatic carbocycles. The summed E-state index contributed by atoms with van der Waals surface area (Å²) < 4.78 is 5.93. The van der Waals surface area contributed by atoms with Crippen molar-refractivity contribution in [2.24, 2.45) is 46.3 Å². The van der Waals surface area contributed by atoms with Gasteiger partial charge in [0.2, 0.25) is 0 Å². The minimum absolute atomic E-state index is 0.0327. The maximum absolute atomic E-state index is 13.3. The highest BCUT2D eigenvalue weighted by Crippen LogP contribution is 2.67. The molecule has 1 aromatic carbocycles. The Bertz CT molecular complexity index is 1350. The molecular formula is C36H51N3O6. The molecule has 45 heavy (non-hydrogen) atoms. The quantitative estimate of drug-likeness (QED) is 0.0842. The second kappa shape index (κ2) is 12.0. The van der Waals surface area contributed by atoms with Crippen molar-refractivity contribution in [2.75, 3.05) is 18.0 Å². The highest BCUT2D eigenvalue weighted by atomic mass is 16.6. The molecule has 246 valence electrons. The number of nitro groups is 2. The normalized spacial score (nSPS) is 34.3. The van der Waals surface area contributed by atoms with Crippen LogP contribution < -0.4 is 4.90 Å². The van der Waals surface area contributed by atoms with Crippen LogP contribution in [0, 0.1) is 66.6 Å². The molecule has 4 fully saturated rings. The van der Waals surface area contributed by atoms with Crippen molar-refractivity contribution >= 4 is 23.0 Å². The fourth-order valence-electron chi connectivity index (χ4n) is 10.6. The predicted molar refractivity (Wildman–Crippen MR) is 174 cm³/mol. The van der Waals surface area contributed by atoms with Crippen LogP contribution in [0.3, 0.4) is 0 Å². The number of nitro benzene ring substituents is 2. The highest BCUT2D eigenvalue weighted by molar-refractivity contribution is 5.94. The van der Waals surface area contributed by atoms with Gasteiger partial charge in [-0.3, -0.25) is 20.2 Å². The molecule has 1 aromatic rings. The van der Waals surface area contributed by atoms with Crippen molar-refractivity contribution in [1.29, 1.82) is 0 Å². The Morgan fingerprint density at radius 1 is 0.978 bits per heavy atom. The van der Waals surface area contributed by atoms with Gasteiger partial charge >= 0.3 is 17.3 Å². The SMILES string of the molecule is CC(C)CCC[C@H](C)[C@H]1CC[C@H]2[C@@H]3CC=C4C[C@H](OC(=O)c5cc([N+](=O)[O-])c(N6CC6)c([N+](=O)[O-])c5)CC[C@]4(C)[C@H]3CC[C@]12C. The highest BCUT2D eigenvalue weighted by Gasteiger charge is 2.59. The van der Waals surface area contributed by atoms with E-state index in [4.69, 9.17) is 4.74 Å². The number of allylic oxidation sites excluding steroid dienone is 1. The lowest BCUT2D eigenvalue weighted by Crippen LogP contribution is -2.51. The number of ether oxygens (including phenoxy) is 1. The summed E-state index contributed by atoms with van der Waals surface area (Å²) in [5.41, 5.74) is 0.918. The van der Waals surface area contributed by atoms with Gasteiger partial charge in [0, 0.05) is 31.6 Å². The Morgan fingerprint density at radius 2 is 1.67 bits per heavy atom. The van der Waals surface area contributed by atoms with Crippen LogP contribution in [0.15, 0.2) is 23.8 Å². The number of carbonyl (C=O) groups excluding carboxylic acids is 1. The molecule has 0 aromatic heterocycles. The Kier molecular flexibility index (Phi) is 8.53. The number of esters is 1. The van der Waals surface area contributed by atoms with Gasteiger partial charge in [0.25, 0.3) is 0 Å². The molecule has 3 saturated carbocycles. The summed E-state index contributed by atoms with van der Waals surface area (Å²) in [5.74, 6) is 3.81. The number of anilines is 1. The van der Waals surface area contributed by atoms with E-state index >= 15 is 0 Å². The standard InChI is InChI=1S/C36H51N3O6/c1-22(2)7-6-8-23(3)28-11-12-29-27-10-9-25-21-26(13-15-35(25,4)30(27)14-16-36(28,29)5)45-34(40)24-19-31(38(41)42)33(37-17-18-37)32(20-24)39(43)44/h9,19-20,22-23,26-30H,6-8,10-18,21H2,1-5H3/t23-,26+,27-,28+,29-,30-,35-,36+/m0/s1. The third kappa shape index (κ3) is 5.78. The third-order valence-corrected chi connectivity index (χ3v) is 13.0. The second-order valence-corrected chi connectivity index (χ2v) is 15.9. The molecule has 5 aliphatic rings. The van der Waals surface area contributed by atoms with Crippen molar-refractivity contribution in [3.63, 3.8) is 0 Å². The average molecular weight is 622 g/mol. The zero-order valence-corrected chi connectivity index (χ0v) is 27.8.